The molecule has 0 saturated carbocycles. The lowest BCUT2D eigenvalue weighted by atomic mass is 10.2. The predicted octanol–water partition coefficient (Wildman–Crippen LogP) is 3.82. The first-order chi connectivity index (χ1) is 12.1. The minimum Gasteiger partial charge on any atom is -0.337 e. The number of nitrogens with one attached hydrogen (secondary N) is 2. The van der Waals surface area contributed by atoms with Crippen molar-refractivity contribution in [3.05, 3.63) is 58.8 Å². The molecular weight excluding hydrogens is 334 g/mol. The predicted molar refractivity (Wildman–Crippen MR) is 100 cm³/mol. The van der Waals surface area contributed by atoms with E-state index in [0.29, 0.717) is 12.5 Å². The van der Waals surface area contributed by atoms with Crippen LogP contribution in [0, 0.1) is 0 Å². The van der Waals surface area contributed by atoms with E-state index in [0.717, 1.165) is 28.5 Å². The number of hydrogen-bond donors (Lipinski definition) is 2. The third kappa shape index (κ3) is 4.67. The maximum absolute atomic E-state index is 12.1. The fraction of sp³-hybridized carbons (Fsp3) is 0.278. The van der Waals surface area contributed by atoms with Gasteiger partial charge >= 0.3 is 6.03 Å². The summed E-state index contributed by atoms with van der Waals surface area (Å²) in [5.41, 5.74) is 2.64. The molecular formula is C18H21N5OS. The fourth-order valence-electron chi connectivity index (χ4n) is 2.33. The van der Waals surface area contributed by atoms with Gasteiger partial charge in [0, 0.05) is 42.3 Å². The van der Waals surface area contributed by atoms with Crippen LogP contribution in [-0.2, 0) is 6.42 Å². The van der Waals surface area contributed by atoms with Gasteiger partial charge in [0.25, 0.3) is 0 Å². The van der Waals surface area contributed by atoms with Gasteiger partial charge in [-0.25, -0.2) is 14.5 Å². The largest absolute Gasteiger partial charge is 0.337 e. The van der Waals surface area contributed by atoms with Gasteiger partial charge in [0.1, 0.15) is 0 Å². The molecule has 130 valence electrons. The molecule has 0 aliphatic heterocycles. The topological polar surface area (TPSA) is 71.8 Å². The van der Waals surface area contributed by atoms with Crippen molar-refractivity contribution < 1.29 is 4.79 Å². The van der Waals surface area contributed by atoms with Crippen LogP contribution in [0.3, 0.4) is 0 Å². The van der Waals surface area contributed by atoms with Crippen LogP contribution in [0.4, 0.5) is 10.5 Å². The molecule has 0 atom stereocenters. The van der Waals surface area contributed by atoms with Gasteiger partial charge in [0.05, 0.1) is 16.4 Å². The highest BCUT2D eigenvalue weighted by Crippen LogP contribution is 2.19. The number of benzene rings is 1. The third-order valence-electron chi connectivity index (χ3n) is 3.60. The van der Waals surface area contributed by atoms with E-state index in [-0.39, 0.29) is 6.03 Å². The molecule has 0 aliphatic rings. The van der Waals surface area contributed by atoms with Crippen molar-refractivity contribution in [1.82, 2.24) is 20.1 Å². The Hall–Kier alpha value is -2.67. The Morgan fingerprint density at radius 2 is 2.20 bits per heavy atom. The maximum Gasteiger partial charge on any atom is 0.319 e. The van der Waals surface area contributed by atoms with Crippen molar-refractivity contribution in [3.8, 4) is 5.69 Å². The summed E-state index contributed by atoms with van der Waals surface area (Å²) >= 11 is 1.67. The normalized spacial score (nSPS) is 10.8. The summed E-state index contributed by atoms with van der Waals surface area (Å²) in [5, 5.41) is 13.1. The molecule has 0 radical (unpaired) electrons. The second-order valence-electron chi connectivity index (χ2n) is 5.96. The van der Waals surface area contributed by atoms with Crippen molar-refractivity contribution in [2.24, 2.45) is 0 Å². The van der Waals surface area contributed by atoms with Gasteiger partial charge < -0.3 is 10.6 Å². The smallest absolute Gasteiger partial charge is 0.319 e. The van der Waals surface area contributed by atoms with Gasteiger partial charge in [-0.05, 0) is 24.3 Å². The zero-order valence-electron chi connectivity index (χ0n) is 14.3. The number of hydrogen-bond acceptors (Lipinski definition) is 4. The van der Waals surface area contributed by atoms with Crippen LogP contribution < -0.4 is 10.6 Å². The number of thiazole rings is 1. The minimum atomic E-state index is -0.225. The Labute approximate surface area is 150 Å². The summed E-state index contributed by atoms with van der Waals surface area (Å²) < 4.78 is 1.75. The summed E-state index contributed by atoms with van der Waals surface area (Å²) in [7, 11) is 0. The molecule has 2 heterocycles. The monoisotopic (exact) mass is 355 g/mol. The second kappa shape index (κ2) is 7.94. The van der Waals surface area contributed by atoms with Crippen molar-refractivity contribution >= 4 is 23.1 Å². The fourth-order valence-corrected chi connectivity index (χ4v) is 3.20. The molecule has 0 fully saturated rings. The van der Waals surface area contributed by atoms with Gasteiger partial charge in [-0.1, -0.05) is 19.9 Å². The van der Waals surface area contributed by atoms with Crippen LogP contribution >= 0.6 is 11.3 Å². The standard InChI is InChI=1S/C18H21N5OS/c1-13(2)17-21-15(12-25-17)7-9-19-18(24)22-14-5-3-6-16(11-14)23-10-4-8-20-23/h3-6,8,10-13H,7,9H2,1-2H3,(H2,19,22,24). The average Bonchev–Trinajstić information content (AvgIpc) is 3.27. The first-order valence-electron chi connectivity index (χ1n) is 8.21. The van der Waals surface area contributed by atoms with Crippen molar-refractivity contribution in [3.63, 3.8) is 0 Å². The Morgan fingerprint density at radius 1 is 1.32 bits per heavy atom. The van der Waals surface area contributed by atoms with Gasteiger partial charge in [-0.3, -0.25) is 0 Å². The number of carbonyl (C=O) groups is 1. The molecule has 3 aromatic rings. The maximum atomic E-state index is 12.1. The molecule has 2 amide bonds. The van der Waals surface area contributed by atoms with E-state index in [9.17, 15) is 4.79 Å². The summed E-state index contributed by atoms with van der Waals surface area (Å²) in [6.45, 7) is 4.81. The molecule has 2 N–H and O–H groups in total. The average molecular weight is 355 g/mol. The van der Waals surface area contributed by atoms with Crippen molar-refractivity contribution in [1.29, 1.82) is 0 Å². The quantitative estimate of drug-likeness (QED) is 0.706. The number of urea groups is 1. The molecule has 0 bridgehead atoms. The van der Waals surface area contributed by atoms with Crippen LogP contribution in [0.25, 0.3) is 5.69 Å². The van der Waals surface area contributed by atoms with E-state index >= 15 is 0 Å². The Kier molecular flexibility index (Phi) is 5.45. The molecule has 3 rings (SSSR count). The van der Waals surface area contributed by atoms with Crippen LogP contribution in [-0.4, -0.2) is 27.3 Å². The first kappa shape index (κ1) is 17.2. The number of aromatic nitrogens is 3. The van der Waals surface area contributed by atoms with E-state index in [1.807, 2.05) is 36.5 Å². The third-order valence-corrected chi connectivity index (χ3v) is 4.80. The lowest BCUT2D eigenvalue weighted by Gasteiger charge is -2.09. The lowest BCUT2D eigenvalue weighted by Crippen LogP contribution is -2.30. The van der Waals surface area contributed by atoms with E-state index in [1.54, 1.807) is 22.2 Å². The van der Waals surface area contributed by atoms with E-state index < -0.39 is 0 Å². The Balaban J connectivity index is 1.50. The van der Waals surface area contributed by atoms with E-state index in [4.69, 9.17) is 0 Å². The molecule has 0 unspecified atom stereocenters. The molecule has 0 aliphatic carbocycles. The summed E-state index contributed by atoms with van der Waals surface area (Å²) in [6, 6.07) is 9.18. The summed E-state index contributed by atoms with van der Waals surface area (Å²) in [4.78, 5) is 16.6. The molecule has 0 spiro atoms. The zero-order chi connectivity index (χ0) is 17.6. The summed E-state index contributed by atoms with van der Waals surface area (Å²) in [6.07, 6.45) is 4.30. The molecule has 7 heteroatoms. The molecule has 0 saturated heterocycles. The number of rotatable bonds is 6. The zero-order valence-corrected chi connectivity index (χ0v) is 15.1. The number of amides is 2. The lowest BCUT2D eigenvalue weighted by molar-refractivity contribution is 0.252. The van der Waals surface area contributed by atoms with Crippen LogP contribution in [0.15, 0.2) is 48.1 Å². The molecule has 2 aromatic heterocycles. The first-order valence-corrected chi connectivity index (χ1v) is 9.09. The molecule has 1 aromatic carbocycles. The minimum absolute atomic E-state index is 0.225. The Morgan fingerprint density at radius 3 is 2.92 bits per heavy atom. The van der Waals surface area contributed by atoms with E-state index in [2.05, 4.69) is 39.9 Å². The highest BCUT2D eigenvalue weighted by Gasteiger charge is 2.07. The van der Waals surface area contributed by atoms with Crippen LogP contribution in [0.5, 0.6) is 0 Å². The summed E-state index contributed by atoms with van der Waals surface area (Å²) in [5.74, 6) is 0.442. The van der Waals surface area contributed by atoms with Crippen LogP contribution in [0.1, 0.15) is 30.5 Å². The van der Waals surface area contributed by atoms with Gasteiger partial charge in [0.15, 0.2) is 0 Å². The van der Waals surface area contributed by atoms with E-state index in [1.165, 1.54) is 0 Å². The highest BCUT2D eigenvalue weighted by molar-refractivity contribution is 7.09. The number of carbonyl (C=O) groups excluding carboxylic acids is 1. The number of nitrogens with zero attached hydrogens (tertiary/aromatic N) is 3. The van der Waals surface area contributed by atoms with Crippen LogP contribution in [0.2, 0.25) is 0 Å². The van der Waals surface area contributed by atoms with Crippen molar-refractivity contribution in [2.45, 2.75) is 26.2 Å². The highest BCUT2D eigenvalue weighted by atomic mass is 32.1. The second-order valence-corrected chi connectivity index (χ2v) is 6.85. The van der Waals surface area contributed by atoms with Gasteiger partial charge in [0.2, 0.25) is 0 Å². The number of anilines is 1. The SMILES string of the molecule is CC(C)c1nc(CCNC(=O)Nc2cccc(-n3cccn3)c2)cs1. The van der Waals surface area contributed by atoms with Gasteiger partial charge in [-0.2, -0.15) is 5.10 Å². The van der Waals surface area contributed by atoms with Crippen molar-refractivity contribution in [2.75, 3.05) is 11.9 Å². The Bertz CT molecular complexity index is 826. The molecule has 25 heavy (non-hydrogen) atoms. The van der Waals surface area contributed by atoms with Gasteiger partial charge in [-0.15, -0.1) is 11.3 Å². The molecule has 6 nitrogen and oxygen atoms in total.